The number of nitrogens with zero attached hydrogens (tertiary/aromatic N) is 2. The second-order valence-electron chi connectivity index (χ2n) is 6.53. The monoisotopic (exact) mass is 374 g/mol. The Hall–Kier alpha value is -3.47. The van der Waals surface area contributed by atoms with Crippen molar-refractivity contribution in [1.29, 1.82) is 0 Å². The molecule has 0 aliphatic carbocycles. The van der Waals surface area contributed by atoms with Crippen LogP contribution in [0, 0.1) is 11.7 Å². The van der Waals surface area contributed by atoms with Crippen LogP contribution in [0.1, 0.15) is 17.2 Å². The van der Waals surface area contributed by atoms with Crippen LogP contribution in [0.2, 0.25) is 0 Å². The molecule has 28 heavy (non-hydrogen) atoms. The van der Waals surface area contributed by atoms with Gasteiger partial charge in [0, 0.05) is 0 Å². The molecule has 0 saturated carbocycles. The first-order chi connectivity index (χ1) is 13.7. The Morgan fingerprint density at radius 3 is 2.14 bits per heavy atom. The molecule has 3 aromatic rings. The van der Waals surface area contributed by atoms with Crippen molar-refractivity contribution in [2.75, 3.05) is 12.1 Å². The smallest absolute Gasteiger partial charge is 0.317 e. The van der Waals surface area contributed by atoms with E-state index < -0.39 is 12.0 Å². The minimum atomic E-state index is -0.611. The maximum Gasteiger partial charge on any atom is 0.317 e. The summed E-state index contributed by atoms with van der Waals surface area (Å²) in [6.07, 6.45) is 0. The quantitative estimate of drug-likeness (QED) is 0.628. The van der Waals surface area contributed by atoms with Crippen molar-refractivity contribution in [2.24, 2.45) is 11.0 Å². The zero-order valence-electron chi connectivity index (χ0n) is 15.3. The molecule has 0 fully saturated rings. The lowest BCUT2D eigenvalue weighted by Gasteiger charge is -2.27. The van der Waals surface area contributed by atoms with Crippen LogP contribution in [0.4, 0.5) is 10.1 Å². The van der Waals surface area contributed by atoms with Gasteiger partial charge < -0.3 is 4.74 Å². The number of esters is 1. The Kier molecular flexibility index (Phi) is 4.89. The summed E-state index contributed by atoms with van der Waals surface area (Å²) in [6, 6.07) is 25.0. The highest BCUT2D eigenvalue weighted by molar-refractivity contribution is 6.14. The molecule has 2 atom stereocenters. The summed E-state index contributed by atoms with van der Waals surface area (Å²) >= 11 is 0. The molecular formula is C23H19FN2O2. The van der Waals surface area contributed by atoms with E-state index in [-0.39, 0.29) is 11.8 Å². The fraction of sp³-hybridized carbons (Fsp3) is 0.130. The van der Waals surface area contributed by atoms with Crippen molar-refractivity contribution in [3.63, 3.8) is 0 Å². The molecule has 0 aromatic heterocycles. The average molecular weight is 374 g/mol. The third-order valence-electron chi connectivity index (χ3n) is 4.85. The lowest BCUT2D eigenvalue weighted by Crippen LogP contribution is -2.32. The minimum Gasteiger partial charge on any atom is -0.468 e. The topological polar surface area (TPSA) is 41.9 Å². The predicted octanol–water partition coefficient (Wildman–Crippen LogP) is 4.58. The zero-order chi connectivity index (χ0) is 19.5. The SMILES string of the molecule is COC(=O)C1C(c2ccccc2)=NN(c2ccc(F)cc2)C1c1ccccc1. The molecule has 1 aliphatic heterocycles. The number of rotatable bonds is 4. The number of anilines is 1. The summed E-state index contributed by atoms with van der Waals surface area (Å²) in [5.41, 5.74) is 3.11. The van der Waals surface area contributed by atoms with E-state index in [9.17, 15) is 9.18 Å². The van der Waals surface area contributed by atoms with Crippen molar-refractivity contribution in [2.45, 2.75) is 6.04 Å². The molecule has 0 spiro atoms. The van der Waals surface area contributed by atoms with Crippen molar-refractivity contribution in [3.8, 4) is 0 Å². The highest BCUT2D eigenvalue weighted by Gasteiger charge is 2.44. The molecule has 0 bridgehead atoms. The molecule has 0 radical (unpaired) electrons. The standard InChI is InChI=1S/C23H19FN2O2/c1-28-23(27)20-21(16-8-4-2-5-9-16)25-26(19-14-12-18(24)13-15-19)22(20)17-10-6-3-7-11-17/h2-15,20,22H,1H3. The summed E-state index contributed by atoms with van der Waals surface area (Å²) in [7, 11) is 1.38. The van der Waals surface area contributed by atoms with E-state index >= 15 is 0 Å². The van der Waals surface area contributed by atoms with Crippen molar-refractivity contribution in [1.82, 2.24) is 0 Å². The van der Waals surface area contributed by atoms with Crippen molar-refractivity contribution >= 4 is 17.4 Å². The van der Waals surface area contributed by atoms with E-state index in [0.717, 1.165) is 11.1 Å². The molecule has 2 unspecified atom stereocenters. The molecule has 1 heterocycles. The average Bonchev–Trinajstić information content (AvgIpc) is 3.15. The van der Waals surface area contributed by atoms with Gasteiger partial charge in [-0.25, -0.2) is 4.39 Å². The van der Waals surface area contributed by atoms with Gasteiger partial charge in [-0.3, -0.25) is 9.80 Å². The molecule has 0 saturated heterocycles. The van der Waals surface area contributed by atoms with E-state index in [4.69, 9.17) is 9.84 Å². The lowest BCUT2D eigenvalue weighted by atomic mass is 9.87. The molecule has 5 heteroatoms. The molecule has 4 nitrogen and oxygen atoms in total. The van der Waals surface area contributed by atoms with E-state index in [1.165, 1.54) is 19.2 Å². The zero-order valence-corrected chi connectivity index (χ0v) is 15.3. The number of ether oxygens (including phenoxy) is 1. The highest BCUT2D eigenvalue weighted by atomic mass is 19.1. The maximum absolute atomic E-state index is 13.5. The van der Waals surface area contributed by atoms with Crippen LogP contribution >= 0.6 is 0 Å². The number of hydrogen-bond donors (Lipinski definition) is 0. The molecule has 0 amide bonds. The molecule has 4 rings (SSSR count). The maximum atomic E-state index is 13.5. The van der Waals surface area contributed by atoms with Gasteiger partial charge in [0.25, 0.3) is 0 Å². The van der Waals surface area contributed by atoms with Crippen LogP contribution in [0.15, 0.2) is 90.0 Å². The van der Waals surface area contributed by atoms with Crippen LogP contribution in [0.3, 0.4) is 0 Å². The Morgan fingerprint density at radius 2 is 1.54 bits per heavy atom. The van der Waals surface area contributed by atoms with Crippen LogP contribution in [-0.4, -0.2) is 18.8 Å². The second-order valence-corrected chi connectivity index (χ2v) is 6.53. The first kappa shape index (κ1) is 17.9. The van der Waals surface area contributed by atoms with Gasteiger partial charge in [0.05, 0.1) is 24.6 Å². The van der Waals surface area contributed by atoms with Crippen molar-refractivity contribution < 1.29 is 13.9 Å². The second kappa shape index (κ2) is 7.64. The van der Waals surface area contributed by atoms with Crippen LogP contribution in [-0.2, 0) is 9.53 Å². The van der Waals surface area contributed by atoms with Gasteiger partial charge in [0.2, 0.25) is 0 Å². The van der Waals surface area contributed by atoms with Gasteiger partial charge >= 0.3 is 5.97 Å². The third-order valence-corrected chi connectivity index (χ3v) is 4.85. The van der Waals surface area contributed by atoms with Gasteiger partial charge in [0.15, 0.2) is 0 Å². The summed E-state index contributed by atoms with van der Waals surface area (Å²) in [5.74, 6) is -1.29. The van der Waals surface area contributed by atoms with E-state index in [1.807, 2.05) is 60.7 Å². The van der Waals surface area contributed by atoms with E-state index in [1.54, 1.807) is 17.1 Å². The first-order valence-electron chi connectivity index (χ1n) is 9.00. The Morgan fingerprint density at radius 1 is 0.929 bits per heavy atom. The number of carbonyl (C=O) groups excluding carboxylic acids is 1. The fourth-order valence-corrected chi connectivity index (χ4v) is 3.54. The molecule has 1 aliphatic rings. The molecular weight excluding hydrogens is 355 g/mol. The van der Waals surface area contributed by atoms with Crippen LogP contribution < -0.4 is 5.01 Å². The summed E-state index contributed by atoms with van der Waals surface area (Å²) < 4.78 is 18.6. The predicted molar refractivity (Wildman–Crippen MR) is 107 cm³/mol. The summed E-state index contributed by atoms with van der Waals surface area (Å²) in [6.45, 7) is 0. The minimum absolute atomic E-state index is 0.323. The summed E-state index contributed by atoms with van der Waals surface area (Å²) in [4.78, 5) is 12.8. The highest BCUT2D eigenvalue weighted by Crippen LogP contribution is 2.41. The normalized spacial score (nSPS) is 18.6. The lowest BCUT2D eigenvalue weighted by molar-refractivity contribution is -0.143. The van der Waals surface area contributed by atoms with Gasteiger partial charge in [-0.1, -0.05) is 60.7 Å². The van der Waals surface area contributed by atoms with Crippen LogP contribution in [0.5, 0.6) is 0 Å². The molecule has 140 valence electrons. The van der Waals surface area contributed by atoms with Gasteiger partial charge in [-0.2, -0.15) is 5.10 Å². The van der Waals surface area contributed by atoms with Gasteiger partial charge in [0.1, 0.15) is 11.7 Å². The third kappa shape index (κ3) is 3.27. The molecule has 3 aromatic carbocycles. The molecule has 0 N–H and O–H groups in total. The van der Waals surface area contributed by atoms with Crippen LogP contribution in [0.25, 0.3) is 0 Å². The number of hydrogen-bond acceptors (Lipinski definition) is 4. The number of carbonyl (C=O) groups is 1. The number of benzene rings is 3. The fourth-order valence-electron chi connectivity index (χ4n) is 3.54. The van der Waals surface area contributed by atoms with E-state index in [2.05, 4.69) is 0 Å². The summed E-state index contributed by atoms with van der Waals surface area (Å²) in [5, 5.41) is 6.57. The van der Waals surface area contributed by atoms with Gasteiger partial charge in [-0.05, 0) is 35.4 Å². The van der Waals surface area contributed by atoms with Crippen molar-refractivity contribution in [3.05, 3.63) is 102 Å². The Labute approximate surface area is 162 Å². The number of methoxy groups -OCH3 is 1. The Bertz CT molecular complexity index is 988. The first-order valence-corrected chi connectivity index (χ1v) is 9.00. The van der Waals surface area contributed by atoms with Gasteiger partial charge in [-0.15, -0.1) is 0 Å². The Balaban J connectivity index is 1.88. The number of halogens is 1. The van der Waals surface area contributed by atoms with E-state index in [0.29, 0.717) is 11.4 Å². The number of hydrazone groups is 1. The largest absolute Gasteiger partial charge is 0.468 e.